The van der Waals surface area contributed by atoms with Gasteiger partial charge in [-0.3, -0.25) is 4.79 Å². The van der Waals surface area contributed by atoms with Crippen LogP contribution in [0.1, 0.15) is 24.1 Å². The number of benzene rings is 2. The molecule has 0 fully saturated rings. The Labute approximate surface area is 175 Å². The van der Waals surface area contributed by atoms with E-state index in [1.807, 2.05) is 6.92 Å². The van der Waals surface area contributed by atoms with E-state index in [1.165, 1.54) is 38.4 Å². The van der Waals surface area contributed by atoms with Crippen LogP contribution >= 0.6 is 0 Å². The monoisotopic (exact) mass is 432 g/mol. The number of primary amides is 1. The Balaban J connectivity index is 2.08. The van der Waals surface area contributed by atoms with Gasteiger partial charge in [0.05, 0.1) is 13.2 Å². The molecule has 0 saturated heterocycles. The fraction of sp³-hybridized carbons (Fsp3) is 0.200. The van der Waals surface area contributed by atoms with Crippen molar-refractivity contribution in [3.63, 3.8) is 0 Å². The van der Waals surface area contributed by atoms with E-state index in [4.69, 9.17) is 10.5 Å². The Kier molecular flexibility index (Phi) is 7.56. The van der Waals surface area contributed by atoms with E-state index < -0.39 is 16.1 Å². The van der Waals surface area contributed by atoms with Crippen molar-refractivity contribution in [2.75, 3.05) is 19.5 Å². The van der Waals surface area contributed by atoms with Gasteiger partial charge in [0.1, 0.15) is 10.6 Å². The maximum absolute atomic E-state index is 12.2. The number of rotatable bonds is 8. The van der Waals surface area contributed by atoms with E-state index in [1.54, 1.807) is 30.3 Å². The minimum atomic E-state index is -3.71. The number of nitrogens with one attached hydrogen (secondary N) is 3. The first kappa shape index (κ1) is 22.9. The molecule has 2 rings (SSSR count). The molecule has 0 aliphatic heterocycles. The number of ether oxygens (including phenoxy) is 1. The highest BCUT2D eigenvalue weighted by molar-refractivity contribution is 7.89. The molecule has 10 heteroatoms. The molecule has 0 aromatic heterocycles. The minimum Gasteiger partial charge on any atom is -0.495 e. The Morgan fingerprint density at radius 1 is 1.13 bits per heavy atom. The third kappa shape index (κ3) is 6.06. The van der Waals surface area contributed by atoms with Crippen molar-refractivity contribution in [2.24, 2.45) is 5.73 Å². The second-order valence-electron chi connectivity index (χ2n) is 6.29. The molecule has 0 spiro atoms. The average Bonchev–Trinajstić information content (AvgIpc) is 2.72. The normalized spacial score (nSPS) is 12.4. The first-order valence-corrected chi connectivity index (χ1v) is 10.4. The Bertz CT molecular complexity index is 1050. The number of hydrogen-bond donors (Lipinski definition) is 4. The minimum absolute atomic E-state index is 0.0203. The lowest BCUT2D eigenvalue weighted by Crippen LogP contribution is -2.24. The standard InChI is InChI=1S/C20H24N4O5S/c1-13(15-6-8-16(9-7-15)24-20(21)26)23-19(25)11-5-14-4-10-17(29-3)18(12-14)30(27,28)22-2/h4-13,22H,1-3H3,(H,23,25)(H3,21,24,26). The van der Waals surface area contributed by atoms with Crippen molar-refractivity contribution >= 4 is 33.7 Å². The van der Waals surface area contributed by atoms with Gasteiger partial charge in [-0.1, -0.05) is 18.2 Å². The van der Waals surface area contributed by atoms with E-state index in [2.05, 4.69) is 15.4 Å². The predicted molar refractivity (Wildman–Crippen MR) is 114 cm³/mol. The predicted octanol–water partition coefficient (Wildman–Crippen LogP) is 1.98. The summed E-state index contributed by atoms with van der Waals surface area (Å²) >= 11 is 0. The molecule has 5 N–H and O–H groups in total. The van der Waals surface area contributed by atoms with Crippen LogP contribution in [0.5, 0.6) is 5.75 Å². The van der Waals surface area contributed by atoms with Crippen LogP contribution in [0.15, 0.2) is 53.4 Å². The fourth-order valence-electron chi connectivity index (χ4n) is 2.63. The van der Waals surface area contributed by atoms with Gasteiger partial charge in [-0.05, 0) is 55.4 Å². The summed E-state index contributed by atoms with van der Waals surface area (Å²) in [6.45, 7) is 1.81. The van der Waals surface area contributed by atoms with E-state index in [9.17, 15) is 18.0 Å². The lowest BCUT2D eigenvalue weighted by molar-refractivity contribution is -0.117. The number of methoxy groups -OCH3 is 1. The molecule has 0 heterocycles. The highest BCUT2D eigenvalue weighted by Gasteiger charge is 2.17. The maximum Gasteiger partial charge on any atom is 0.316 e. The number of hydrogen-bond acceptors (Lipinski definition) is 5. The fourth-order valence-corrected chi connectivity index (χ4v) is 3.56. The third-order valence-electron chi connectivity index (χ3n) is 4.21. The first-order chi connectivity index (χ1) is 14.2. The first-order valence-electron chi connectivity index (χ1n) is 8.93. The van der Waals surface area contributed by atoms with Gasteiger partial charge in [0, 0.05) is 11.8 Å². The van der Waals surface area contributed by atoms with E-state index >= 15 is 0 Å². The zero-order valence-electron chi connectivity index (χ0n) is 16.8. The number of anilines is 1. The zero-order valence-corrected chi connectivity index (χ0v) is 17.6. The number of urea groups is 1. The van der Waals surface area contributed by atoms with Gasteiger partial charge in [0.25, 0.3) is 0 Å². The molecule has 0 aliphatic carbocycles. The van der Waals surface area contributed by atoms with Crippen molar-refractivity contribution < 1.29 is 22.7 Å². The molecule has 9 nitrogen and oxygen atoms in total. The lowest BCUT2D eigenvalue weighted by Gasteiger charge is -2.13. The van der Waals surface area contributed by atoms with E-state index in [-0.39, 0.29) is 22.6 Å². The second-order valence-corrected chi connectivity index (χ2v) is 8.15. The number of carbonyl (C=O) groups excluding carboxylic acids is 2. The highest BCUT2D eigenvalue weighted by atomic mass is 32.2. The van der Waals surface area contributed by atoms with E-state index in [0.29, 0.717) is 11.3 Å². The quantitative estimate of drug-likeness (QED) is 0.472. The molecule has 160 valence electrons. The summed E-state index contributed by atoms with van der Waals surface area (Å²) in [6.07, 6.45) is 2.83. The molecule has 2 aromatic rings. The van der Waals surface area contributed by atoms with Crippen molar-refractivity contribution in [3.05, 3.63) is 59.7 Å². The SMILES string of the molecule is CNS(=O)(=O)c1cc(C=CC(=O)NC(C)c2ccc(NC(N)=O)cc2)ccc1OC. The van der Waals surface area contributed by atoms with Crippen molar-refractivity contribution in [1.29, 1.82) is 0 Å². The molecule has 30 heavy (non-hydrogen) atoms. The molecule has 0 saturated carbocycles. The average molecular weight is 433 g/mol. The molecule has 0 radical (unpaired) electrons. The van der Waals surface area contributed by atoms with Gasteiger partial charge in [-0.25, -0.2) is 17.9 Å². The molecule has 3 amide bonds. The summed E-state index contributed by atoms with van der Waals surface area (Å²) in [5, 5.41) is 5.27. The summed E-state index contributed by atoms with van der Waals surface area (Å²) in [5.41, 5.74) is 6.98. The van der Waals surface area contributed by atoms with Crippen LogP contribution in [0.25, 0.3) is 6.08 Å². The Morgan fingerprint density at radius 3 is 2.37 bits per heavy atom. The van der Waals surface area contributed by atoms with Crippen LogP contribution in [0, 0.1) is 0 Å². The summed E-state index contributed by atoms with van der Waals surface area (Å²) in [6, 6.07) is 10.5. The van der Waals surface area contributed by atoms with Crippen molar-refractivity contribution in [2.45, 2.75) is 17.9 Å². The van der Waals surface area contributed by atoms with Crippen LogP contribution in [0.2, 0.25) is 0 Å². The van der Waals surface area contributed by atoms with Gasteiger partial charge in [0.2, 0.25) is 15.9 Å². The van der Waals surface area contributed by atoms with Crippen LogP contribution in [-0.4, -0.2) is 34.5 Å². The summed E-state index contributed by atoms with van der Waals surface area (Å²) < 4.78 is 31.6. The molecule has 1 unspecified atom stereocenters. The summed E-state index contributed by atoms with van der Waals surface area (Å²) in [4.78, 5) is 23.1. The molecule has 0 bridgehead atoms. The molecule has 0 aliphatic rings. The van der Waals surface area contributed by atoms with Gasteiger partial charge >= 0.3 is 6.03 Å². The summed E-state index contributed by atoms with van der Waals surface area (Å²) in [7, 11) is -1.02. The smallest absolute Gasteiger partial charge is 0.316 e. The van der Waals surface area contributed by atoms with Gasteiger partial charge in [-0.2, -0.15) is 0 Å². The molecule has 1 atom stereocenters. The zero-order chi connectivity index (χ0) is 22.3. The molecule has 2 aromatic carbocycles. The van der Waals surface area contributed by atoms with Gasteiger partial charge in [-0.15, -0.1) is 0 Å². The van der Waals surface area contributed by atoms with Crippen LogP contribution in [0.4, 0.5) is 10.5 Å². The molecular weight excluding hydrogens is 408 g/mol. The van der Waals surface area contributed by atoms with Crippen LogP contribution in [0.3, 0.4) is 0 Å². The van der Waals surface area contributed by atoms with Gasteiger partial charge < -0.3 is 21.1 Å². The molecular formula is C20H24N4O5S. The van der Waals surface area contributed by atoms with Crippen LogP contribution in [-0.2, 0) is 14.8 Å². The summed E-state index contributed by atoms with van der Waals surface area (Å²) in [5.74, 6) is -0.149. The Hall–Kier alpha value is -3.37. The largest absolute Gasteiger partial charge is 0.495 e. The Morgan fingerprint density at radius 2 is 1.80 bits per heavy atom. The number of sulfonamides is 1. The van der Waals surface area contributed by atoms with E-state index in [0.717, 1.165) is 5.56 Å². The van der Waals surface area contributed by atoms with Crippen molar-refractivity contribution in [1.82, 2.24) is 10.0 Å². The third-order valence-corrected chi connectivity index (χ3v) is 5.65. The number of nitrogens with two attached hydrogens (primary N) is 1. The van der Waals surface area contributed by atoms with Crippen molar-refractivity contribution in [3.8, 4) is 5.75 Å². The number of amides is 3. The highest BCUT2D eigenvalue weighted by Crippen LogP contribution is 2.25. The van der Waals surface area contributed by atoms with Crippen LogP contribution < -0.4 is 25.8 Å². The maximum atomic E-state index is 12.2. The topological polar surface area (TPSA) is 140 Å². The van der Waals surface area contributed by atoms with Gasteiger partial charge in [0.15, 0.2) is 0 Å². The number of carbonyl (C=O) groups is 2. The lowest BCUT2D eigenvalue weighted by atomic mass is 10.1. The second kappa shape index (κ2) is 9.90.